The molecule has 2 unspecified atom stereocenters. The first-order valence-corrected chi connectivity index (χ1v) is 7.66. The Kier molecular flexibility index (Phi) is 3.68. The maximum atomic E-state index is 6.24. The molecule has 4 heteroatoms. The van der Waals surface area contributed by atoms with Gasteiger partial charge in [-0.2, -0.15) is 0 Å². The summed E-state index contributed by atoms with van der Waals surface area (Å²) in [5.74, 6) is 2.00. The minimum atomic E-state index is 0.448. The number of nitrogens with zero attached hydrogens (tertiary/aromatic N) is 2. The standard InChI is InChI=1S/C15H22ClN3/c1-10(2)17-8-14-13(16)5-6-15(18-14)19-9-11-3-4-12(19)7-11/h5-6,10-12,17H,3-4,7-9H2,1-2H3. The maximum absolute atomic E-state index is 6.24. The van der Waals surface area contributed by atoms with Gasteiger partial charge in [0.2, 0.25) is 0 Å². The lowest BCUT2D eigenvalue weighted by molar-refractivity contribution is 0.547. The summed E-state index contributed by atoms with van der Waals surface area (Å²) in [5.41, 5.74) is 0.968. The van der Waals surface area contributed by atoms with E-state index in [9.17, 15) is 0 Å². The van der Waals surface area contributed by atoms with Crippen LogP contribution in [-0.4, -0.2) is 23.6 Å². The first-order chi connectivity index (χ1) is 9.13. The number of aromatic nitrogens is 1. The van der Waals surface area contributed by atoms with Gasteiger partial charge in [0.25, 0.3) is 0 Å². The highest BCUT2D eigenvalue weighted by molar-refractivity contribution is 6.31. The zero-order valence-electron chi connectivity index (χ0n) is 11.7. The number of hydrogen-bond donors (Lipinski definition) is 1. The van der Waals surface area contributed by atoms with E-state index in [0.29, 0.717) is 12.1 Å². The molecule has 1 aliphatic carbocycles. The van der Waals surface area contributed by atoms with Crippen LogP contribution < -0.4 is 10.2 Å². The van der Waals surface area contributed by atoms with Crippen LogP contribution in [0.25, 0.3) is 0 Å². The van der Waals surface area contributed by atoms with E-state index < -0.39 is 0 Å². The van der Waals surface area contributed by atoms with E-state index >= 15 is 0 Å². The van der Waals surface area contributed by atoms with E-state index in [0.717, 1.165) is 29.0 Å². The highest BCUT2D eigenvalue weighted by atomic mass is 35.5. The van der Waals surface area contributed by atoms with Crippen molar-refractivity contribution in [3.8, 4) is 0 Å². The second kappa shape index (κ2) is 5.29. The van der Waals surface area contributed by atoms with Crippen molar-refractivity contribution in [3.63, 3.8) is 0 Å². The van der Waals surface area contributed by atoms with Crippen LogP contribution in [0, 0.1) is 5.92 Å². The van der Waals surface area contributed by atoms with Crippen molar-refractivity contribution >= 4 is 17.4 Å². The van der Waals surface area contributed by atoms with Crippen molar-refractivity contribution in [3.05, 3.63) is 22.8 Å². The largest absolute Gasteiger partial charge is 0.353 e. The van der Waals surface area contributed by atoms with Gasteiger partial charge < -0.3 is 10.2 Å². The molecule has 1 aliphatic heterocycles. The molecule has 2 aliphatic rings. The van der Waals surface area contributed by atoms with Gasteiger partial charge >= 0.3 is 0 Å². The third-order valence-electron chi connectivity index (χ3n) is 4.29. The van der Waals surface area contributed by atoms with Gasteiger partial charge in [-0.3, -0.25) is 0 Å². The molecule has 1 N–H and O–H groups in total. The van der Waals surface area contributed by atoms with Crippen molar-refractivity contribution in [2.75, 3.05) is 11.4 Å². The summed E-state index contributed by atoms with van der Waals surface area (Å²) in [6.07, 6.45) is 4.08. The van der Waals surface area contributed by atoms with Crippen LogP contribution in [0.1, 0.15) is 38.8 Å². The average molecular weight is 280 g/mol. The molecule has 3 rings (SSSR count). The van der Waals surface area contributed by atoms with E-state index in [1.54, 1.807) is 0 Å². The van der Waals surface area contributed by atoms with Crippen LogP contribution in [0.15, 0.2) is 12.1 Å². The Morgan fingerprint density at radius 2 is 2.26 bits per heavy atom. The monoisotopic (exact) mass is 279 g/mol. The number of pyridine rings is 1. The van der Waals surface area contributed by atoms with Crippen LogP contribution in [0.2, 0.25) is 5.02 Å². The molecule has 0 spiro atoms. The lowest BCUT2D eigenvalue weighted by Crippen LogP contribution is -2.33. The Balaban J connectivity index is 1.77. The summed E-state index contributed by atoms with van der Waals surface area (Å²) in [6.45, 7) is 6.19. The van der Waals surface area contributed by atoms with E-state index in [1.807, 2.05) is 6.07 Å². The van der Waals surface area contributed by atoms with Crippen molar-refractivity contribution in [1.29, 1.82) is 0 Å². The third kappa shape index (κ3) is 2.72. The summed E-state index contributed by atoms with van der Waals surface area (Å²) >= 11 is 6.24. The van der Waals surface area contributed by atoms with Crippen molar-refractivity contribution < 1.29 is 0 Å². The SMILES string of the molecule is CC(C)NCc1nc(N2CC3CCC2C3)ccc1Cl. The van der Waals surface area contributed by atoms with E-state index in [4.69, 9.17) is 16.6 Å². The molecule has 3 nitrogen and oxygen atoms in total. The van der Waals surface area contributed by atoms with Gasteiger partial charge in [0.05, 0.1) is 10.7 Å². The minimum Gasteiger partial charge on any atom is -0.353 e. The van der Waals surface area contributed by atoms with Gasteiger partial charge in [-0.05, 0) is 37.3 Å². The molecule has 2 fully saturated rings. The van der Waals surface area contributed by atoms with E-state index in [2.05, 4.69) is 30.1 Å². The number of piperidine rings is 1. The lowest BCUT2D eigenvalue weighted by atomic mass is 10.1. The number of halogens is 1. The first-order valence-electron chi connectivity index (χ1n) is 7.29. The predicted octanol–water partition coefficient (Wildman–Crippen LogP) is 3.22. The highest BCUT2D eigenvalue weighted by Crippen LogP contribution is 2.39. The second-order valence-electron chi connectivity index (χ2n) is 6.12. The third-order valence-corrected chi connectivity index (χ3v) is 4.63. The van der Waals surface area contributed by atoms with Crippen LogP contribution in [0.5, 0.6) is 0 Å². The summed E-state index contributed by atoms with van der Waals surface area (Å²) in [5, 5.41) is 4.15. The van der Waals surface area contributed by atoms with Crippen molar-refractivity contribution in [2.24, 2.45) is 5.92 Å². The smallest absolute Gasteiger partial charge is 0.129 e. The number of hydrogen-bond acceptors (Lipinski definition) is 3. The number of fused-ring (bicyclic) bond motifs is 2. The normalized spacial score (nSPS) is 25.6. The zero-order chi connectivity index (χ0) is 13.4. The number of anilines is 1. The fourth-order valence-electron chi connectivity index (χ4n) is 3.26. The first kappa shape index (κ1) is 13.2. The summed E-state index contributed by atoms with van der Waals surface area (Å²) in [7, 11) is 0. The molecule has 1 aromatic rings. The molecule has 19 heavy (non-hydrogen) atoms. The average Bonchev–Trinajstić information content (AvgIpc) is 3.00. The fourth-order valence-corrected chi connectivity index (χ4v) is 3.43. The second-order valence-corrected chi connectivity index (χ2v) is 6.53. The van der Waals surface area contributed by atoms with Gasteiger partial charge in [0.1, 0.15) is 5.82 Å². The summed E-state index contributed by atoms with van der Waals surface area (Å²) < 4.78 is 0. The van der Waals surface area contributed by atoms with Crippen LogP contribution in [0.3, 0.4) is 0 Å². The summed E-state index contributed by atoms with van der Waals surface area (Å²) in [4.78, 5) is 7.25. The zero-order valence-corrected chi connectivity index (χ0v) is 12.5. The van der Waals surface area contributed by atoms with Crippen LogP contribution >= 0.6 is 11.6 Å². The number of nitrogens with one attached hydrogen (secondary N) is 1. The molecule has 2 heterocycles. The summed E-state index contributed by atoms with van der Waals surface area (Å²) in [6, 6.07) is 5.23. The molecule has 2 atom stereocenters. The van der Waals surface area contributed by atoms with E-state index in [-0.39, 0.29) is 0 Å². The van der Waals surface area contributed by atoms with Crippen LogP contribution in [-0.2, 0) is 6.54 Å². The fraction of sp³-hybridized carbons (Fsp3) is 0.667. The molecule has 1 saturated heterocycles. The van der Waals surface area contributed by atoms with Gasteiger partial charge in [-0.1, -0.05) is 25.4 Å². The molecular weight excluding hydrogens is 258 g/mol. The Labute approximate surface area is 120 Å². The molecule has 0 amide bonds. The van der Waals surface area contributed by atoms with Gasteiger partial charge in [0.15, 0.2) is 0 Å². The molecule has 2 bridgehead atoms. The minimum absolute atomic E-state index is 0.448. The molecule has 1 aromatic heterocycles. The molecule has 0 radical (unpaired) electrons. The Morgan fingerprint density at radius 3 is 2.89 bits per heavy atom. The van der Waals surface area contributed by atoms with Gasteiger partial charge in [0, 0.05) is 25.2 Å². The molecule has 1 saturated carbocycles. The quantitative estimate of drug-likeness (QED) is 0.917. The topological polar surface area (TPSA) is 28.2 Å². The number of rotatable bonds is 4. The van der Waals surface area contributed by atoms with Crippen molar-refractivity contribution in [2.45, 2.75) is 51.7 Å². The van der Waals surface area contributed by atoms with Gasteiger partial charge in [-0.25, -0.2) is 4.98 Å². The predicted molar refractivity (Wildman–Crippen MR) is 79.7 cm³/mol. The van der Waals surface area contributed by atoms with Gasteiger partial charge in [-0.15, -0.1) is 0 Å². The van der Waals surface area contributed by atoms with E-state index in [1.165, 1.54) is 25.8 Å². The Bertz CT molecular complexity index is 461. The maximum Gasteiger partial charge on any atom is 0.129 e. The molecule has 0 aromatic carbocycles. The molecular formula is C15H22ClN3. The molecule has 104 valence electrons. The Hall–Kier alpha value is -0.800. The lowest BCUT2D eigenvalue weighted by Gasteiger charge is -2.28. The van der Waals surface area contributed by atoms with Crippen LogP contribution in [0.4, 0.5) is 5.82 Å². The highest BCUT2D eigenvalue weighted by Gasteiger charge is 2.38. The Morgan fingerprint density at radius 1 is 1.42 bits per heavy atom. The van der Waals surface area contributed by atoms with Crippen molar-refractivity contribution in [1.82, 2.24) is 10.3 Å².